The smallest absolute Gasteiger partial charge is 0.0547 e. The fourth-order valence-electron chi connectivity index (χ4n) is 20.7. The Kier molecular flexibility index (Phi) is 14.8. The minimum atomic E-state index is 1.09. The summed E-state index contributed by atoms with van der Waals surface area (Å²) in [6, 6.07) is 163. The van der Waals surface area contributed by atoms with E-state index in [4.69, 9.17) is 0 Å². The zero-order valence-electron chi connectivity index (χ0n) is 66.3. The third-order valence-corrected chi connectivity index (χ3v) is 26.2. The molecule has 0 aliphatic heterocycles. The summed E-state index contributed by atoms with van der Waals surface area (Å²) in [6.45, 7) is 0. The average Bonchev–Trinajstić information content (AvgIpc) is 1.55. The molecular weight excluding hydrogens is 1480 g/mol. The lowest BCUT2D eigenvalue weighted by Gasteiger charge is -2.13. The minimum Gasteiger partial charge on any atom is -0.309 e. The second-order valence-electron chi connectivity index (χ2n) is 32.7. The second-order valence-corrected chi connectivity index (χ2v) is 32.7. The number of benzene rings is 20. The number of para-hydroxylation sites is 6. The van der Waals surface area contributed by atoms with Crippen molar-refractivity contribution in [2.45, 2.75) is 0 Å². The van der Waals surface area contributed by atoms with Gasteiger partial charge >= 0.3 is 0 Å². The Morgan fingerprint density at radius 1 is 0.115 bits per heavy atom. The zero-order chi connectivity index (χ0) is 79.8. The topological polar surface area (TPSA) is 29.6 Å². The van der Waals surface area contributed by atoms with Crippen molar-refractivity contribution in [2.75, 3.05) is 0 Å². The lowest BCUT2D eigenvalue weighted by atomic mass is 9.96. The van der Waals surface area contributed by atoms with Gasteiger partial charge in [-0.25, -0.2) is 0 Å². The Labute approximate surface area is 701 Å². The van der Waals surface area contributed by atoms with Crippen LogP contribution in [0.1, 0.15) is 0 Å². The van der Waals surface area contributed by atoms with Crippen LogP contribution in [0.5, 0.6) is 0 Å². The van der Waals surface area contributed by atoms with E-state index in [1.165, 1.54) is 158 Å². The molecule has 0 N–H and O–H groups in total. The van der Waals surface area contributed by atoms with Crippen LogP contribution in [0.3, 0.4) is 0 Å². The van der Waals surface area contributed by atoms with Crippen molar-refractivity contribution < 1.29 is 0 Å². The summed E-state index contributed by atoms with van der Waals surface area (Å²) in [5.74, 6) is 0. The highest BCUT2D eigenvalue weighted by atomic mass is 15.0. The number of hydrogen-bond acceptors (Lipinski definition) is 0. The van der Waals surface area contributed by atoms with E-state index in [1.54, 1.807) is 0 Å². The lowest BCUT2D eigenvalue weighted by molar-refractivity contribution is 1.14. The van der Waals surface area contributed by atoms with Crippen molar-refractivity contribution in [3.05, 3.63) is 437 Å². The van der Waals surface area contributed by atoms with Crippen molar-refractivity contribution >= 4 is 152 Å². The first-order valence-electron chi connectivity index (χ1n) is 42.1. The van der Waals surface area contributed by atoms with Gasteiger partial charge in [0.1, 0.15) is 0 Å². The molecule has 6 nitrogen and oxygen atoms in total. The van der Waals surface area contributed by atoms with E-state index in [0.717, 1.165) is 83.9 Å². The van der Waals surface area contributed by atoms with Crippen LogP contribution in [0.4, 0.5) is 0 Å². The molecule has 6 heteroatoms. The molecular formula is C116H72N6. The lowest BCUT2D eigenvalue weighted by Crippen LogP contribution is -1.97. The Morgan fingerprint density at radius 2 is 0.352 bits per heavy atom. The minimum absolute atomic E-state index is 1.09. The van der Waals surface area contributed by atoms with Gasteiger partial charge in [0.15, 0.2) is 0 Å². The molecule has 0 bridgehead atoms. The number of fused-ring (bicyclic) bond motifs is 20. The summed E-state index contributed by atoms with van der Waals surface area (Å²) < 4.78 is 14.7. The second kappa shape index (κ2) is 26.6. The maximum atomic E-state index is 2.50. The largest absolute Gasteiger partial charge is 0.309 e. The molecule has 0 saturated heterocycles. The van der Waals surface area contributed by atoms with Gasteiger partial charge < -0.3 is 27.4 Å². The van der Waals surface area contributed by atoms with Gasteiger partial charge in [-0.05, 0) is 259 Å². The first kappa shape index (κ1) is 67.8. The summed E-state index contributed by atoms with van der Waals surface area (Å²) in [7, 11) is 0. The molecule has 0 saturated carbocycles. The molecule has 566 valence electrons. The molecule has 0 unspecified atom stereocenters. The molecule has 6 heterocycles. The Hall–Kier alpha value is -16.3. The molecule has 0 spiro atoms. The van der Waals surface area contributed by atoms with Crippen molar-refractivity contribution in [1.82, 2.24) is 27.4 Å². The van der Waals surface area contributed by atoms with Crippen LogP contribution in [0.15, 0.2) is 437 Å². The fourth-order valence-corrected chi connectivity index (χ4v) is 20.7. The van der Waals surface area contributed by atoms with Crippen molar-refractivity contribution in [3.8, 4) is 89.8 Å². The average molecular weight is 1550 g/mol. The molecule has 0 fully saturated rings. The van der Waals surface area contributed by atoms with Crippen molar-refractivity contribution in [3.63, 3.8) is 0 Å². The van der Waals surface area contributed by atoms with E-state index in [2.05, 4.69) is 464 Å². The molecule has 20 aromatic carbocycles. The molecule has 0 aliphatic carbocycles. The first-order chi connectivity index (χ1) is 60.5. The van der Waals surface area contributed by atoms with E-state index < -0.39 is 0 Å². The molecule has 26 rings (SSSR count). The highest BCUT2D eigenvalue weighted by Gasteiger charge is 2.25. The van der Waals surface area contributed by atoms with Crippen LogP contribution in [0.2, 0.25) is 0 Å². The van der Waals surface area contributed by atoms with E-state index >= 15 is 0 Å². The predicted octanol–water partition coefficient (Wildman–Crippen LogP) is 30.9. The van der Waals surface area contributed by atoms with Crippen LogP contribution >= 0.6 is 0 Å². The highest BCUT2D eigenvalue weighted by Crippen LogP contribution is 2.47. The summed E-state index contributed by atoms with van der Waals surface area (Å²) in [5.41, 5.74) is 32.5. The van der Waals surface area contributed by atoms with Crippen LogP contribution < -0.4 is 0 Å². The normalized spacial score (nSPS) is 12.1. The van der Waals surface area contributed by atoms with Gasteiger partial charge in [-0.1, -0.05) is 255 Å². The van der Waals surface area contributed by atoms with Crippen LogP contribution in [-0.2, 0) is 0 Å². The summed E-state index contributed by atoms with van der Waals surface area (Å²) >= 11 is 0. The van der Waals surface area contributed by atoms with Gasteiger partial charge in [0.2, 0.25) is 0 Å². The van der Waals surface area contributed by atoms with Gasteiger partial charge in [-0.3, -0.25) is 0 Å². The van der Waals surface area contributed by atoms with Crippen LogP contribution in [0, 0.1) is 0 Å². The Morgan fingerprint density at radius 3 is 0.738 bits per heavy atom. The van der Waals surface area contributed by atoms with Gasteiger partial charge in [-0.2, -0.15) is 0 Å². The maximum Gasteiger partial charge on any atom is 0.0547 e. The molecule has 6 aromatic heterocycles. The van der Waals surface area contributed by atoms with Gasteiger partial charge in [-0.15, -0.1) is 0 Å². The monoisotopic (exact) mass is 1550 g/mol. The van der Waals surface area contributed by atoms with E-state index in [9.17, 15) is 0 Å². The number of rotatable bonds is 11. The molecule has 26 aromatic rings. The van der Waals surface area contributed by atoms with Gasteiger partial charge in [0.05, 0.1) is 66.2 Å². The molecule has 0 amide bonds. The van der Waals surface area contributed by atoms with Crippen LogP contribution in [-0.4, -0.2) is 27.4 Å². The van der Waals surface area contributed by atoms with Crippen LogP contribution in [0.25, 0.3) is 242 Å². The Bertz CT molecular complexity index is 8800. The number of hydrogen-bond donors (Lipinski definition) is 0. The summed E-state index contributed by atoms with van der Waals surface area (Å²) in [6.07, 6.45) is 0. The Balaban J connectivity index is 0.604. The standard InChI is InChI=1S/C116H72N6/c1-3-26-82(27-4-1)117-106-41-17-13-34-95(106)98-66-77(47-60-108(98)117)78-44-59-97-115(72-78)122(87-57-55-84(56-58-87)119-104-39-15-11-32-93(104)94-33-12-16-40-105(94)119)114-43-21-38-92(116(97)114)81-50-65-109-99(71-81)96-35-14-18-42-107(96)120(109)85-51-53-86(54-52-85)121-111-62-46-76(68-101(111)103-70-80(49-64-113(103)121)91-37-20-25-74-23-8-10-31-89(74)91)75-45-61-110-100(67-75)102-69-79(90-36-19-24-73-22-7-9-30-88(73)90)48-63-112(102)118(110)83-28-5-2-6-29-83/h1-72H. The van der Waals surface area contributed by atoms with Gasteiger partial charge in [0, 0.05) is 98.8 Å². The van der Waals surface area contributed by atoms with E-state index in [-0.39, 0.29) is 0 Å². The SMILES string of the molecule is c1ccc(-n2c3ccccc3c3cc(-c4ccc5c6c(-c7ccc8c(c7)c7ccccc7n8-c7ccc(-n8c9ccc(-c%10ccc%11c(c%10)c%10cc(-c%12cccc%13ccccc%12%13)ccc%10n%11-c%10ccccc%10)cc9c9cc(-c%10cccc%11ccccc%10%11)ccc98)cc7)cccc6n(-c6ccc(-n7c8ccccc8c8ccccc87)cc6)c5c4)ccc32)cc1. The number of aromatic nitrogens is 6. The molecule has 122 heavy (non-hydrogen) atoms. The fraction of sp³-hybridized carbons (Fsp3) is 0. The first-order valence-corrected chi connectivity index (χ1v) is 42.1. The quantitative estimate of drug-likeness (QED) is 0.124. The van der Waals surface area contributed by atoms with Gasteiger partial charge in [0.25, 0.3) is 0 Å². The van der Waals surface area contributed by atoms with Crippen molar-refractivity contribution in [2.24, 2.45) is 0 Å². The summed E-state index contributed by atoms with van der Waals surface area (Å²) in [4.78, 5) is 0. The summed E-state index contributed by atoms with van der Waals surface area (Å²) in [5, 5.41) is 19.5. The number of nitrogens with zero attached hydrogens (tertiary/aromatic N) is 6. The molecule has 0 radical (unpaired) electrons. The van der Waals surface area contributed by atoms with Crippen molar-refractivity contribution in [1.29, 1.82) is 0 Å². The zero-order valence-corrected chi connectivity index (χ0v) is 66.3. The maximum absolute atomic E-state index is 2.50. The molecule has 0 atom stereocenters. The third-order valence-electron chi connectivity index (χ3n) is 26.2. The van der Waals surface area contributed by atoms with E-state index in [0.29, 0.717) is 0 Å². The predicted molar refractivity (Wildman–Crippen MR) is 515 cm³/mol. The molecule has 0 aliphatic rings. The van der Waals surface area contributed by atoms with E-state index in [1.807, 2.05) is 0 Å². The highest BCUT2D eigenvalue weighted by molar-refractivity contribution is 6.20. The third kappa shape index (κ3) is 10.3.